The molecule has 4 nitrogen and oxygen atoms in total. The number of benzene rings is 3. The molecule has 1 heterocycles. The van der Waals surface area contributed by atoms with E-state index in [9.17, 15) is 9.18 Å². The van der Waals surface area contributed by atoms with Crippen molar-refractivity contribution in [3.63, 3.8) is 0 Å². The number of nitrogens with zero attached hydrogens (tertiary/aromatic N) is 3. The quantitative estimate of drug-likeness (QED) is 0.351. The topological polar surface area (TPSA) is 26.8 Å². The smallest absolute Gasteiger partial charge is 0.281 e. The minimum atomic E-state index is -0.345. The summed E-state index contributed by atoms with van der Waals surface area (Å²) in [6.07, 6.45) is 1.83. The predicted octanol–water partition coefficient (Wildman–Crippen LogP) is 5.85. The number of amides is 1. The third kappa shape index (κ3) is 4.14. The van der Waals surface area contributed by atoms with Crippen molar-refractivity contribution < 1.29 is 9.18 Å². The van der Waals surface area contributed by atoms with Gasteiger partial charge in [0.15, 0.2) is 5.11 Å². The highest BCUT2D eigenvalue weighted by molar-refractivity contribution is 7.81. The number of hydrogen-bond acceptors (Lipinski definition) is 3. The molecule has 1 aliphatic rings. The van der Waals surface area contributed by atoms with Gasteiger partial charge < -0.3 is 4.90 Å². The maximum absolute atomic E-state index is 13.5. The molecule has 1 aliphatic heterocycles. The Morgan fingerprint density at radius 2 is 1.44 bits per heavy atom. The van der Waals surface area contributed by atoms with Crippen LogP contribution in [0, 0.1) is 5.82 Å². The van der Waals surface area contributed by atoms with Crippen LogP contribution in [0.25, 0.3) is 6.08 Å². The second-order valence-corrected chi connectivity index (χ2v) is 7.73. The standard InChI is InChI=1S/C26H24FN3OS/c1-3-28(4-2)21-14-10-19(11-15-21)18-24-25(31)30(22-8-6-5-7-9-22)26(32)29(24)23-16-12-20(27)13-17-23/h5-18H,3-4H2,1-2H3. The van der Waals surface area contributed by atoms with Gasteiger partial charge in [0.25, 0.3) is 5.91 Å². The highest BCUT2D eigenvalue weighted by Crippen LogP contribution is 2.33. The van der Waals surface area contributed by atoms with Crippen LogP contribution in [0.15, 0.2) is 84.6 Å². The normalized spacial score (nSPS) is 15.0. The number of anilines is 3. The first-order valence-corrected chi connectivity index (χ1v) is 11.0. The molecule has 3 aromatic carbocycles. The first-order chi connectivity index (χ1) is 15.5. The lowest BCUT2D eigenvalue weighted by Crippen LogP contribution is -2.32. The number of para-hydroxylation sites is 1. The van der Waals surface area contributed by atoms with Crippen molar-refractivity contribution in [2.24, 2.45) is 0 Å². The number of halogens is 1. The summed E-state index contributed by atoms with van der Waals surface area (Å²) in [6, 6.07) is 23.4. The van der Waals surface area contributed by atoms with Crippen molar-refractivity contribution in [3.8, 4) is 0 Å². The largest absolute Gasteiger partial charge is 0.372 e. The van der Waals surface area contributed by atoms with E-state index in [0.29, 0.717) is 22.2 Å². The number of carbonyl (C=O) groups is 1. The Morgan fingerprint density at radius 1 is 0.844 bits per heavy atom. The summed E-state index contributed by atoms with van der Waals surface area (Å²) in [5.74, 6) is -0.569. The molecule has 0 spiro atoms. The van der Waals surface area contributed by atoms with Gasteiger partial charge in [0.2, 0.25) is 0 Å². The Kier molecular flexibility index (Phi) is 6.32. The first kappa shape index (κ1) is 21.7. The molecule has 1 amide bonds. The van der Waals surface area contributed by atoms with Crippen LogP contribution in [0.2, 0.25) is 0 Å². The Balaban J connectivity index is 1.77. The average Bonchev–Trinajstić information content (AvgIpc) is 3.06. The van der Waals surface area contributed by atoms with Crippen LogP contribution < -0.4 is 14.7 Å². The van der Waals surface area contributed by atoms with E-state index in [1.54, 1.807) is 17.0 Å². The predicted molar refractivity (Wildman–Crippen MR) is 133 cm³/mol. The summed E-state index contributed by atoms with van der Waals surface area (Å²) in [5, 5.41) is 0.332. The van der Waals surface area contributed by atoms with E-state index in [1.807, 2.05) is 60.7 Å². The van der Waals surface area contributed by atoms with Gasteiger partial charge in [0.05, 0.1) is 5.69 Å². The van der Waals surface area contributed by atoms with E-state index >= 15 is 0 Å². The third-order valence-corrected chi connectivity index (χ3v) is 5.84. The molecule has 0 saturated carbocycles. The lowest BCUT2D eigenvalue weighted by Gasteiger charge is -2.21. The molecule has 3 aromatic rings. The molecule has 4 rings (SSSR count). The zero-order chi connectivity index (χ0) is 22.7. The fraction of sp³-hybridized carbons (Fsp3) is 0.154. The molecule has 0 N–H and O–H groups in total. The van der Waals surface area contributed by atoms with Crippen molar-refractivity contribution in [3.05, 3.63) is 95.9 Å². The highest BCUT2D eigenvalue weighted by Gasteiger charge is 2.39. The van der Waals surface area contributed by atoms with E-state index < -0.39 is 0 Å². The van der Waals surface area contributed by atoms with Crippen molar-refractivity contribution in [2.75, 3.05) is 27.8 Å². The molecule has 0 bridgehead atoms. The van der Waals surface area contributed by atoms with Crippen LogP contribution in [-0.4, -0.2) is 24.1 Å². The molecular formula is C26H24FN3OS. The molecule has 1 saturated heterocycles. The number of carbonyl (C=O) groups excluding carboxylic acids is 1. The van der Waals surface area contributed by atoms with Crippen molar-refractivity contribution in [1.29, 1.82) is 0 Å². The maximum Gasteiger partial charge on any atom is 0.281 e. The Morgan fingerprint density at radius 3 is 2.03 bits per heavy atom. The van der Waals surface area contributed by atoms with Gasteiger partial charge >= 0.3 is 0 Å². The molecule has 6 heteroatoms. The Hall–Kier alpha value is -3.51. The molecule has 0 unspecified atom stereocenters. The minimum absolute atomic E-state index is 0.224. The van der Waals surface area contributed by atoms with Crippen molar-refractivity contribution in [1.82, 2.24) is 0 Å². The molecule has 0 aliphatic carbocycles. The molecule has 1 fully saturated rings. The van der Waals surface area contributed by atoms with Crippen molar-refractivity contribution in [2.45, 2.75) is 13.8 Å². The van der Waals surface area contributed by atoms with Gasteiger partial charge in [0, 0.05) is 24.5 Å². The van der Waals surface area contributed by atoms with Gasteiger partial charge in [0.1, 0.15) is 11.5 Å². The SMILES string of the molecule is CCN(CC)c1ccc(C=C2C(=O)N(c3ccccc3)C(=S)N2c2ccc(F)cc2)cc1. The fourth-order valence-corrected chi connectivity index (χ4v) is 4.19. The lowest BCUT2D eigenvalue weighted by molar-refractivity contribution is -0.113. The molecule has 0 aromatic heterocycles. The zero-order valence-electron chi connectivity index (χ0n) is 18.0. The van der Waals surface area contributed by atoms with Crippen LogP contribution in [0.4, 0.5) is 21.5 Å². The monoisotopic (exact) mass is 445 g/mol. The molecule has 0 atom stereocenters. The lowest BCUT2D eigenvalue weighted by atomic mass is 10.1. The molecule has 162 valence electrons. The zero-order valence-corrected chi connectivity index (χ0v) is 18.8. The van der Waals surface area contributed by atoms with Crippen LogP contribution in [0.5, 0.6) is 0 Å². The second kappa shape index (κ2) is 9.32. The van der Waals surface area contributed by atoms with Crippen LogP contribution in [0.3, 0.4) is 0 Å². The number of hydrogen-bond donors (Lipinski definition) is 0. The number of rotatable bonds is 6. The molecule has 32 heavy (non-hydrogen) atoms. The van der Waals surface area contributed by atoms with Crippen LogP contribution in [-0.2, 0) is 4.79 Å². The average molecular weight is 446 g/mol. The summed E-state index contributed by atoms with van der Waals surface area (Å²) in [5.41, 5.74) is 3.76. The van der Waals surface area contributed by atoms with Gasteiger partial charge in [-0.15, -0.1) is 0 Å². The van der Waals surface area contributed by atoms with Crippen molar-refractivity contribution >= 4 is 46.4 Å². The molecular weight excluding hydrogens is 421 g/mol. The van der Waals surface area contributed by atoms with Crippen LogP contribution in [0.1, 0.15) is 19.4 Å². The van der Waals surface area contributed by atoms with Gasteiger partial charge in [-0.3, -0.25) is 14.6 Å². The van der Waals surface area contributed by atoms with E-state index in [-0.39, 0.29) is 11.7 Å². The highest BCUT2D eigenvalue weighted by atomic mass is 32.1. The third-order valence-electron chi connectivity index (χ3n) is 5.47. The van der Waals surface area contributed by atoms with Gasteiger partial charge in [-0.1, -0.05) is 30.3 Å². The van der Waals surface area contributed by atoms with Crippen LogP contribution >= 0.6 is 12.2 Å². The van der Waals surface area contributed by atoms with Gasteiger partial charge in [-0.05, 0) is 86.2 Å². The summed E-state index contributed by atoms with van der Waals surface area (Å²) in [6.45, 7) is 6.09. The second-order valence-electron chi connectivity index (χ2n) is 7.36. The summed E-state index contributed by atoms with van der Waals surface area (Å²) < 4.78 is 13.5. The molecule has 0 radical (unpaired) electrons. The van der Waals surface area contributed by atoms with E-state index in [4.69, 9.17) is 12.2 Å². The Labute approximate surface area is 193 Å². The van der Waals surface area contributed by atoms with E-state index in [2.05, 4.69) is 18.7 Å². The summed E-state index contributed by atoms with van der Waals surface area (Å²) >= 11 is 5.71. The van der Waals surface area contributed by atoms with Gasteiger partial charge in [-0.25, -0.2) is 4.39 Å². The summed E-state index contributed by atoms with van der Waals surface area (Å²) in [4.78, 5) is 18.9. The van der Waals surface area contributed by atoms with E-state index in [1.165, 1.54) is 17.0 Å². The van der Waals surface area contributed by atoms with E-state index in [0.717, 1.165) is 24.3 Å². The maximum atomic E-state index is 13.5. The number of thiocarbonyl (C=S) groups is 1. The summed E-state index contributed by atoms with van der Waals surface area (Å²) in [7, 11) is 0. The Bertz CT molecular complexity index is 1140. The fourth-order valence-electron chi connectivity index (χ4n) is 3.80. The van der Waals surface area contributed by atoms with Gasteiger partial charge in [-0.2, -0.15) is 0 Å². The minimum Gasteiger partial charge on any atom is -0.372 e. The first-order valence-electron chi connectivity index (χ1n) is 10.6.